The molecule has 1 aromatic carbocycles. The Kier molecular flexibility index (Phi) is 2.69. The highest BCUT2D eigenvalue weighted by Crippen LogP contribution is 2.32. The quantitative estimate of drug-likeness (QED) is 0.833. The molecule has 4 heteroatoms. The molecule has 86 valence electrons. The highest BCUT2D eigenvalue weighted by Gasteiger charge is 2.33. The van der Waals surface area contributed by atoms with Crippen LogP contribution in [-0.4, -0.2) is 23.5 Å². The van der Waals surface area contributed by atoms with Crippen molar-refractivity contribution in [2.75, 3.05) is 6.61 Å². The second-order valence-electron chi connectivity index (χ2n) is 4.25. The predicted molar refractivity (Wildman–Crippen MR) is 57.3 cm³/mol. The second-order valence-corrected chi connectivity index (χ2v) is 4.25. The molecule has 1 aliphatic heterocycles. The summed E-state index contributed by atoms with van der Waals surface area (Å²) in [5.41, 5.74) is 1.11. The lowest BCUT2D eigenvalue weighted by molar-refractivity contribution is -0.139. The van der Waals surface area contributed by atoms with Crippen LogP contribution in [-0.2, 0) is 9.47 Å². The molecule has 1 heterocycles. The molecule has 0 amide bonds. The van der Waals surface area contributed by atoms with Crippen molar-refractivity contribution in [3.8, 4) is 0 Å². The number of hydrogen-bond acceptors (Lipinski definition) is 3. The molecule has 0 unspecified atom stereocenters. The average Bonchev–Trinajstić information content (AvgIpc) is 2.59. The van der Waals surface area contributed by atoms with Crippen molar-refractivity contribution in [3.63, 3.8) is 0 Å². The van der Waals surface area contributed by atoms with E-state index in [0.29, 0.717) is 6.61 Å². The van der Waals surface area contributed by atoms with Gasteiger partial charge in [0.1, 0.15) is 6.10 Å². The largest absolute Gasteiger partial charge is 0.478 e. The molecule has 1 aliphatic rings. The van der Waals surface area contributed by atoms with Gasteiger partial charge in [0, 0.05) is 0 Å². The van der Waals surface area contributed by atoms with E-state index in [9.17, 15) is 4.79 Å². The minimum absolute atomic E-state index is 0.186. The first-order valence-corrected chi connectivity index (χ1v) is 5.13. The second kappa shape index (κ2) is 3.88. The highest BCUT2D eigenvalue weighted by atomic mass is 16.7. The van der Waals surface area contributed by atoms with Crippen molar-refractivity contribution >= 4 is 5.97 Å². The zero-order valence-corrected chi connectivity index (χ0v) is 9.27. The summed E-state index contributed by atoms with van der Waals surface area (Å²) in [7, 11) is 0. The van der Waals surface area contributed by atoms with Crippen molar-refractivity contribution in [1.82, 2.24) is 0 Å². The first-order chi connectivity index (χ1) is 7.48. The molecule has 1 N–H and O–H groups in total. The van der Waals surface area contributed by atoms with Crippen LogP contribution >= 0.6 is 0 Å². The number of carboxylic acids is 1. The van der Waals surface area contributed by atoms with Gasteiger partial charge in [0.05, 0.1) is 12.2 Å². The fraction of sp³-hybridized carbons (Fsp3) is 0.417. The van der Waals surface area contributed by atoms with E-state index in [1.807, 2.05) is 19.9 Å². The molecule has 1 aromatic rings. The Bertz CT molecular complexity index is 411. The summed E-state index contributed by atoms with van der Waals surface area (Å²) >= 11 is 0. The molecule has 2 rings (SSSR count). The summed E-state index contributed by atoms with van der Waals surface area (Å²) < 4.78 is 11.1. The van der Waals surface area contributed by atoms with Gasteiger partial charge in [-0.25, -0.2) is 4.79 Å². The van der Waals surface area contributed by atoms with Crippen molar-refractivity contribution in [3.05, 3.63) is 35.4 Å². The Morgan fingerprint density at radius 3 is 2.81 bits per heavy atom. The number of ether oxygens (including phenoxy) is 2. The molecule has 1 saturated heterocycles. The Morgan fingerprint density at radius 1 is 1.50 bits per heavy atom. The molecule has 0 aliphatic carbocycles. The lowest BCUT2D eigenvalue weighted by Crippen LogP contribution is -2.19. The minimum atomic E-state index is -0.931. The molecule has 1 fully saturated rings. The van der Waals surface area contributed by atoms with Crippen LogP contribution < -0.4 is 0 Å². The van der Waals surface area contributed by atoms with Gasteiger partial charge in [0.2, 0.25) is 0 Å². The standard InChI is InChI=1S/C12H14O4/c1-12(2)15-7-10(16-12)8-4-3-5-9(6-8)11(13)14/h3-6,10H,7H2,1-2H3,(H,13,14)/t10-/m0/s1. The van der Waals surface area contributed by atoms with Crippen molar-refractivity contribution in [1.29, 1.82) is 0 Å². The average molecular weight is 222 g/mol. The maximum absolute atomic E-state index is 10.8. The fourth-order valence-corrected chi connectivity index (χ4v) is 1.72. The summed E-state index contributed by atoms with van der Waals surface area (Å²) in [6, 6.07) is 6.75. The number of aromatic carboxylic acids is 1. The van der Waals surface area contributed by atoms with Crippen LogP contribution in [0, 0.1) is 0 Å². The van der Waals surface area contributed by atoms with E-state index in [1.54, 1.807) is 18.2 Å². The Hall–Kier alpha value is -1.39. The van der Waals surface area contributed by atoms with Gasteiger partial charge >= 0.3 is 5.97 Å². The van der Waals surface area contributed by atoms with Crippen molar-refractivity contribution < 1.29 is 19.4 Å². The van der Waals surface area contributed by atoms with Crippen molar-refractivity contribution in [2.45, 2.75) is 25.7 Å². The number of carboxylic acid groups (broad SMARTS) is 1. The van der Waals surface area contributed by atoms with Crippen LogP contribution in [0.1, 0.15) is 35.9 Å². The Morgan fingerprint density at radius 2 is 2.25 bits per heavy atom. The molecule has 0 spiro atoms. The van der Waals surface area contributed by atoms with Gasteiger partial charge in [-0.1, -0.05) is 12.1 Å². The van der Waals surface area contributed by atoms with Gasteiger partial charge in [-0.15, -0.1) is 0 Å². The molecule has 0 saturated carbocycles. The van der Waals surface area contributed by atoms with Crippen LogP contribution in [0.5, 0.6) is 0 Å². The summed E-state index contributed by atoms with van der Waals surface area (Å²) in [5, 5.41) is 8.88. The van der Waals surface area contributed by atoms with Gasteiger partial charge in [-0.05, 0) is 31.5 Å². The fourth-order valence-electron chi connectivity index (χ4n) is 1.72. The Balaban J connectivity index is 2.22. The van der Waals surface area contributed by atoms with Crippen LogP contribution in [0.4, 0.5) is 0 Å². The van der Waals surface area contributed by atoms with Gasteiger partial charge < -0.3 is 14.6 Å². The molecule has 0 bridgehead atoms. The van der Waals surface area contributed by atoms with Crippen LogP contribution in [0.15, 0.2) is 24.3 Å². The van der Waals surface area contributed by atoms with E-state index in [4.69, 9.17) is 14.6 Å². The van der Waals surface area contributed by atoms with E-state index in [1.165, 1.54) is 0 Å². The predicted octanol–water partition coefficient (Wildman–Crippen LogP) is 2.21. The third-order valence-corrected chi connectivity index (χ3v) is 2.51. The van der Waals surface area contributed by atoms with E-state index >= 15 is 0 Å². The molecule has 1 atom stereocenters. The Labute approximate surface area is 93.8 Å². The van der Waals surface area contributed by atoms with E-state index < -0.39 is 11.8 Å². The zero-order chi connectivity index (χ0) is 11.8. The van der Waals surface area contributed by atoms with Crippen LogP contribution in [0.3, 0.4) is 0 Å². The first kappa shape index (κ1) is 11.1. The number of benzene rings is 1. The van der Waals surface area contributed by atoms with Crippen molar-refractivity contribution in [2.24, 2.45) is 0 Å². The van der Waals surface area contributed by atoms with Crippen LogP contribution in [0.2, 0.25) is 0 Å². The summed E-state index contributed by atoms with van der Waals surface area (Å²) in [6.07, 6.45) is -0.186. The number of rotatable bonds is 2. The third kappa shape index (κ3) is 2.23. The summed E-state index contributed by atoms with van der Waals surface area (Å²) in [4.78, 5) is 10.8. The molecular weight excluding hydrogens is 208 g/mol. The molecule has 0 radical (unpaired) electrons. The highest BCUT2D eigenvalue weighted by molar-refractivity contribution is 5.87. The molecule has 0 aromatic heterocycles. The van der Waals surface area contributed by atoms with Gasteiger partial charge in [0.25, 0.3) is 0 Å². The lowest BCUT2D eigenvalue weighted by Gasteiger charge is -2.17. The molecule has 4 nitrogen and oxygen atoms in total. The van der Waals surface area contributed by atoms with E-state index in [-0.39, 0.29) is 11.7 Å². The summed E-state index contributed by atoms with van der Waals surface area (Å²) in [5.74, 6) is -1.52. The van der Waals surface area contributed by atoms with Gasteiger partial charge in [-0.3, -0.25) is 0 Å². The summed E-state index contributed by atoms with van der Waals surface area (Å²) in [6.45, 7) is 4.14. The first-order valence-electron chi connectivity index (χ1n) is 5.13. The topological polar surface area (TPSA) is 55.8 Å². The smallest absolute Gasteiger partial charge is 0.335 e. The minimum Gasteiger partial charge on any atom is -0.478 e. The maximum Gasteiger partial charge on any atom is 0.335 e. The number of carbonyl (C=O) groups is 1. The maximum atomic E-state index is 10.8. The van der Waals surface area contributed by atoms with Gasteiger partial charge in [-0.2, -0.15) is 0 Å². The van der Waals surface area contributed by atoms with E-state index in [0.717, 1.165) is 5.56 Å². The third-order valence-electron chi connectivity index (χ3n) is 2.51. The molecule has 16 heavy (non-hydrogen) atoms. The van der Waals surface area contributed by atoms with Crippen LogP contribution in [0.25, 0.3) is 0 Å². The number of hydrogen-bond donors (Lipinski definition) is 1. The van der Waals surface area contributed by atoms with E-state index in [2.05, 4.69) is 0 Å². The molecular formula is C12H14O4. The normalized spacial score (nSPS) is 23.2. The monoisotopic (exact) mass is 222 g/mol. The SMILES string of the molecule is CC1(C)OC[C@@H](c2cccc(C(=O)O)c2)O1. The zero-order valence-electron chi connectivity index (χ0n) is 9.27. The lowest BCUT2D eigenvalue weighted by atomic mass is 10.1. The van der Waals surface area contributed by atoms with Gasteiger partial charge in [0.15, 0.2) is 5.79 Å².